The highest BCUT2D eigenvalue weighted by Gasteiger charge is 1.99. The van der Waals surface area contributed by atoms with E-state index >= 15 is 0 Å². The highest BCUT2D eigenvalue weighted by atomic mass is 32.2. The Morgan fingerprint density at radius 2 is 1.65 bits per heavy atom. The molecule has 0 saturated heterocycles. The molecule has 0 unspecified atom stereocenters. The van der Waals surface area contributed by atoms with E-state index in [0.717, 1.165) is 0 Å². The lowest BCUT2D eigenvalue weighted by molar-refractivity contribution is 0.482. The normalized spacial score (nSPS) is 10.4. The van der Waals surface area contributed by atoms with Gasteiger partial charge in [-0.15, -0.1) is 0 Å². The maximum Gasteiger partial charge on any atom is 0.168 e. The predicted molar refractivity (Wildman–Crippen MR) is 66.0 cm³/mol. The fourth-order valence-electron chi connectivity index (χ4n) is 1.35. The lowest BCUT2D eigenvalue weighted by atomic mass is 10.3. The molecule has 17 heavy (non-hydrogen) atoms. The zero-order chi connectivity index (χ0) is 12.3. The Hall–Kier alpha value is -2.01. The van der Waals surface area contributed by atoms with Crippen molar-refractivity contribution in [2.24, 2.45) is 0 Å². The molecule has 2 rings (SSSR count). The maximum atomic E-state index is 10.7. The standard InChI is InChI=1S/C12H11NO3S/c13-9-2-1-3-11(8-9)16-10-4-6-12(7-5-10)17(14)15/h1-8,17H,13H2. The smallest absolute Gasteiger partial charge is 0.168 e. The third-order valence-electron chi connectivity index (χ3n) is 2.14. The van der Waals surface area contributed by atoms with Gasteiger partial charge in [0.1, 0.15) is 11.5 Å². The zero-order valence-electron chi connectivity index (χ0n) is 8.87. The van der Waals surface area contributed by atoms with Gasteiger partial charge in [0.15, 0.2) is 10.7 Å². The first-order valence-electron chi connectivity index (χ1n) is 4.93. The molecule has 0 aliphatic carbocycles. The topological polar surface area (TPSA) is 69.4 Å². The molecule has 0 saturated carbocycles. The van der Waals surface area contributed by atoms with Crippen molar-refractivity contribution in [2.45, 2.75) is 4.90 Å². The van der Waals surface area contributed by atoms with Gasteiger partial charge in [0.2, 0.25) is 0 Å². The molecular formula is C12H11NO3S. The Kier molecular flexibility index (Phi) is 3.30. The first kappa shape index (κ1) is 11.5. The summed E-state index contributed by atoms with van der Waals surface area (Å²) < 4.78 is 26.9. The third-order valence-corrected chi connectivity index (χ3v) is 2.86. The van der Waals surface area contributed by atoms with E-state index in [4.69, 9.17) is 10.5 Å². The number of thiol groups is 1. The molecule has 2 aromatic carbocycles. The van der Waals surface area contributed by atoms with Gasteiger partial charge >= 0.3 is 0 Å². The molecule has 0 amide bonds. The van der Waals surface area contributed by atoms with Crippen LogP contribution >= 0.6 is 0 Å². The fourth-order valence-corrected chi connectivity index (χ4v) is 1.74. The molecular weight excluding hydrogens is 238 g/mol. The number of hydrogen-bond donors (Lipinski definition) is 2. The van der Waals surface area contributed by atoms with E-state index in [0.29, 0.717) is 17.2 Å². The molecule has 0 aromatic heterocycles. The van der Waals surface area contributed by atoms with E-state index in [1.54, 1.807) is 36.4 Å². The lowest BCUT2D eigenvalue weighted by Gasteiger charge is -2.05. The average molecular weight is 249 g/mol. The SMILES string of the molecule is Nc1cccc(Oc2ccc([SH](=O)=O)cc2)c1. The molecule has 2 aromatic rings. The monoisotopic (exact) mass is 249 g/mol. The van der Waals surface area contributed by atoms with Crippen LogP contribution in [0.1, 0.15) is 0 Å². The molecule has 0 heterocycles. The molecule has 2 N–H and O–H groups in total. The molecule has 4 nitrogen and oxygen atoms in total. The van der Waals surface area contributed by atoms with Crippen LogP contribution in [-0.2, 0) is 10.7 Å². The number of nitrogens with two attached hydrogens (primary N) is 1. The molecule has 0 fully saturated rings. The Morgan fingerprint density at radius 3 is 2.24 bits per heavy atom. The van der Waals surface area contributed by atoms with Crippen LogP contribution in [0.25, 0.3) is 0 Å². The van der Waals surface area contributed by atoms with Gasteiger partial charge in [-0.1, -0.05) is 6.07 Å². The summed E-state index contributed by atoms with van der Waals surface area (Å²) in [7, 11) is -2.55. The second-order valence-corrected chi connectivity index (χ2v) is 4.46. The fraction of sp³-hybridized carbons (Fsp3) is 0. The van der Waals surface area contributed by atoms with Crippen LogP contribution in [0.5, 0.6) is 11.5 Å². The van der Waals surface area contributed by atoms with Gasteiger partial charge in [-0.05, 0) is 36.4 Å². The average Bonchev–Trinajstić information content (AvgIpc) is 2.29. The van der Waals surface area contributed by atoms with Crippen LogP contribution in [0.3, 0.4) is 0 Å². The Morgan fingerprint density at radius 1 is 0.941 bits per heavy atom. The van der Waals surface area contributed by atoms with Gasteiger partial charge in [-0.3, -0.25) is 0 Å². The summed E-state index contributed by atoms with van der Waals surface area (Å²) in [5.41, 5.74) is 6.23. The summed E-state index contributed by atoms with van der Waals surface area (Å²) in [5.74, 6) is 1.18. The lowest BCUT2D eigenvalue weighted by Crippen LogP contribution is -1.88. The first-order valence-corrected chi connectivity index (χ1v) is 6.11. The van der Waals surface area contributed by atoms with E-state index in [2.05, 4.69) is 0 Å². The quantitative estimate of drug-likeness (QED) is 0.645. The molecule has 88 valence electrons. The van der Waals surface area contributed by atoms with E-state index in [1.807, 2.05) is 0 Å². The van der Waals surface area contributed by atoms with Gasteiger partial charge in [-0.25, -0.2) is 8.42 Å². The van der Waals surface area contributed by atoms with Crippen LogP contribution in [0.2, 0.25) is 0 Å². The van der Waals surface area contributed by atoms with Gasteiger partial charge in [0.25, 0.3) is 0 Å². The van der Waals surface area contributed by atoms with Crippen molar-refractivity contribution in [1.82, 2.24) is 0 Å². The highest BCUT2D eigenvalue weighted by Crippen LogP contribution is 2.23. The summed E-state index contributed by atoms with van der Waals surface area (Å²) >= 11 is 0. The van der Waals surface area contributed by atoms with Crippen molar-refractivity contribution in [1.29, 1.82) is 0 Å². The van der Waals surface area contributed by atoms with Gasteiger partial charge in [0, 0.05) is 11.8 Å². The number of anilines is 1. The summed E-state index contributed by atoms with van der Waals surface area (Å²) in [6.45, 7) is 0. The van der Waals surface area contributed by atoms with Crippen molar-refractivity contribution >= 4 is 16.4 Å². The summed E-state index contributed by atoms with van der Waals surface area (Å²) in [5, 5.41) is 0. The van der Waals surface area contributed by atoms with Crippen LogP contribution in [-0.4, -0.2) is 8.42 Å². The minimum Gasteiger partial charge on any atom is -0.457 e. The number of benzene rings is 2. The Labute approximate surface area is 101 Å². The second-order valence-electron chi connectivity index (χ2n) is 3.43. The maximum absolute atomic E-state index is 10.7. The van der Waals surface area contributed by atoms with Crippen molar-refractivity contribution < 1.29 is 13.2 Å². The molecule has 0 aliphatic heterocycles. The summed E-state index contributed by atoms with van der Waals surface area (Å²) in [4.78, 5) is 0.264. The zero-order valence-corrected chi connectivity index (χ0v) is 9.76. The van der Waals surface area contributed by atoms with E-state index in [-0.39, 0.29) is 4.90 Å². The molecule has 0 aliphatic rings. The molecule has 5 heteroatoms. The molecule has 0 atom stereocenters. The van der Waals surface area contributed by atoms with Crippen LogP contribution < -0.4 is 10.5 Å². The van der Waals surface area contributed by atoms with E-state index < -0.39 is 10.7 Å². The van der Waals surface area contributed by atoms with Crippen molar-refractivity contribution in [2.75, 3.05) is 5.73 Å². The van der Waals surface area contributed by atoms with Crippen molar-refractivity contribution in [3.05, 3.63) is 48.5 Å². The number of rotatable bonds is 3. The molecule has 0 radical (unpaired) electrons. The van der Waals surface area contributed by atoms with Crippen LogP contribution in [0.4, 0.5) is 5.69 Å². The summed E-state index contributed by atoms with van der Waals surface area (Å²) in [6, 6.07) is 13.2. The predicted octanol–water partition coefficient (Wildman–Crippen LogP) is 2.03. The largest absolute Gasteiger partial charge is 0.457 e. The third kappa shape index (κ3) is 2.98. The molecule has 0 bridgehead atoms. The Balaban J connectivity index is 2.19. The minimum absolute atomic E-state index is 0.264. The van der Waals surface area contributed by atoms with Gasteiger partial charge in [0.05, 0.1) is 4.90 Å². The number of ether oxygens (including phenoxy) is 1. The highest BCUT2D eigenvalue weighted by molar-refractivity contribution is 7.72. The van der Waals surface area contributed by atoms with Crippen LogP contribution in [0, 0.1) is 0 Å². The molecule has 0 spiro atoms. The van der Waals surface area contributed by atoms with E-state index in [9.17, 15) is 8.42 Å². The summed E-state index contributed by atoms with van der Waals surface area (Å²) in [6.07, 6.45) is 0. The van der Waals surface area contributed by atoms with Crippen LogP contribution in [0.15, 0.2) is 53.4 Å². The number of nitrogen functional groups attached to an aromatic ring is 1. The second kappa shape index (κ2) is 4.88. The van der Waals surface area contributed by atoms with Gasteiger partial charge < -0.3 is 10.5 Å². The van der Waals surface area contributed by atoms with Crippen molar-refractivity contribution in [3.63, 3.8) is 0 Å². The first-order chi connectivity index (χ1) is 8.15. The van der Waals surface area contributed by atoms with E-state index in [1.165, 1.54) is 12.1 Å². The van der Waals surface area contributed by atoms with Crippen molar-refractivity contribution in [3.8, 4) is 11.5 Å². The Bertz CT molecular complexity index is 583. The minimum atomic E-state index is -2.55. The van der Waals surface area contributed by atoms with Gasteiger partial charge in [-0.2, -0.15) is 0 Å². The number of hydrogen-bond acceptors (Lipinski definition) is 4.